The SMILES string of the molecule is NC(Cc1ccncc1)C1CCOC2(CCC2)C1. The predicted molar refractivity (Wildman–Crippen MR) is 71.2 cm³/mol. The molecule has 1 spiro atoms. The van der Waals surface area contributed by atoms with Crippen LogP contribution in [0.3, 0.4) is 0 Å². The Labute approximate surface area is 109 Å². The van der Waals surface area contributed by atoms with Crippen LogP contribution in [0.5, 0.6) is 0 Å². The number of nitrogens with zero attached hydrogens (tertiary/aromatic N) is 1. The zero-order chi connectivity index (χ0) is 12.4. The summed E-state index contributed by atoms with van der Waals surface area (Å²) in [5.41, 5.74) is 7.91. The number of hydrogen-bond donors (Lipinski definition) is 1. The van der Waals surface area contributed by atoms with Gasteiger partial charge >= 0.3 is 0 Å². The number of pyridine rings is 1. The van der Waals surface area contributed by atoms with Crippen LogP contribution in [0.1, 0.15) is 37.7 Å². The maximum Gasteiger partial charge on any atom is 0.0685 e. The van der Waals surface area contributed by atoms with E-state index in [1.807, 2.05) is 12.4 Å². The summed E-state index contributed by atoms with van der Waals surface area (Å²) in [6.07, 6.45) is 10.7. The number of ether oxygens (including phenoxy) is 1. The molecule has 0 bridgehead atoms. The van der Waals surface area contributed by atoms with E-state index in [4.69, 9.17) is 10.5 Å². The van der Waals surface area contributed by atoms with Crippen molar-refractivity contribution in [2.45, 2.75) is 50.2 Å². The average Bonchev–Trinajstić information content (AvgIpc) is 2.38. The van der Waals surface area contributed by atoms with Crippen LogP contribution in [0, 0.1) is 5.92 Å². The Morgan fingerprint density at radius 3 is 2.83 bits per heavy atom. The second-order valence-electron chi connectivity index (χ2n) is 5.86. The van der Waals surface area contributed by atoms with Crippen LogP contribution in [-0.4, -0.2) is 23.2 Å². The van der Waals surface area contributed by atoms with Gasteiger partial charge in [-0.15, -0.1) is 0 Å². The highest BCUT2D eigenvalue weighted by molar-refractivity contribution is 5.12. The van der Waals surface area contributed by atoms with Crippen molar-refractivity contribution in [1.82, 2.24) is 4.98 Å². The number of rotatable bonds is 3. The molecule has 2 atom stereocenters. The highest BCUT2D eigenvalue weighted by Crippen LogP contribution is 2.44. The van der Waals surface area contributed by atoms with E-state index in [1.54, 1.807) is 0 Å². The largest absolute Gasteiger partial charge is 0.375 e. The first-order valence-corrected chi connectivity index (χ1v) is 7.06. The molecule has 3 heteroatoms. The third-order valence-corrected chi connectivity index (χ3v) is 4.62. The van der Waals surface area contributed by atoms with Crippen LogP contribution in [0.15, 0.2) is 24.5 Å². The molecule has 0 amide bonds. The molecule has 3 nitrogen and oxygen atoms in total. The van der Waals surface area contributed by atoms with Gasteiger partial charge in [0.15, 0.2) is 0 Å². The Balaban J connectivity index is 1.60. The lowest BCUT2D eigenvalue weighted by molar-refractivity contribution is -0.145. The van der Waals surface area contributed by atoms with Crippen molar-refractivity contribution < 1.29 is 4.74 Å². The van der Waals surface area contributed by atoms with Crippen LogP contribution < -0.4 is 5.73 Å². The van der Waals surface area contributed by atoms with Crippen LogP contribution in [-0.2, 0) is 11.2 Å². The van der Waals surface area contributed by atoms with Crippen molar-refractivity contribution >= 4 is 0 Å². The fourth-order valence-electron chi connectivity index (χ4n) is 3.31. The van der Waals surface area contributed by atoms with Crippen LogP contribution in [0.4, 0.5) is 0 Å². The van der Waals surface area contributed by atoms with Crippen LogP contribution in [0.2, 0.25) is 0 Å². The first-order chi connectivity index (χ1) is 8.77. The lowest BCUT2D eigenvalue weighted by Crippen LogP contribution is -2.49. The van der Waals surface area contributed by atoms with Gasteiger partial charge in [0.2, 0.25) is 0 Å². The number of aromatic nitrogens is 1. The molecule has 98 valence electrons. The number of hydrogen-bond acceptors (Lipinski definition) is 3. The third-order valence-electron chi connectivity index (χ3n) is 4.62. The molecule has 2 heterocycles. The second-order valence-corrected chi connectivity index (χ2v) is 5.86. The summed E-state index contributed by atoms with van der Waals surface area (Å²) in [7, 11) is 0. The van der Waals surface area contributed by atoms with Gasteiger partial charge < -0.3 is 10.5 Å². The van der Waals surface area contributed by atoms with Gasteiger partial charge in [0.05, 0.1) is 5.60 Å². The van der Waals surface area contributed by atoms with E-state index < -0.39 is 0 Å². The van der Waals surface area contributed by atoms with Gasteiger partial charge in [-0.1, -0.05) is 0 Å². The summed E-state index contributed by atoms with van der Waals surface area (Å²) < 4.78 is 5.97. The zero-order valence-electron chi connectivity index (χ0n) is 10.8. The van der Waals surface area contributed by atoms with Crippen molar-refractivity contribution in [2.75, 3.05) is 6.61 Å². The molecule has 1 aliphatic heterocycles. The molecule has 2 N–H and O–H groups in total. The van der Waals surface area contributed by atoms with Gasteiger partial charge in [0, 0.05) is 25.0 Å². The quantitative estimate of drug-likeness (QED) is 0.890. The van der Waals surface area contributed by atoms with Crippen molar-refractivity contribution in [1.29, 1.82) is 0 Å². The van der Waals surface area contributed by atoms with Crippen molar-refractivity contribution in [3.05, 3.63) is 30.1 Å². The van der Waals surface area contributed by atoms with E-state index >= 15 is 0 Å². The summed E-state index contributed by atoms with van der Waals surface area (Å²) in [5.74, 6) is 0.618. The molecule has 1 aromatic rings. The average molecular weight is 246 g/mol. The highest BCUT2D eigenvalue weighted by Gasteiger charge is 2.43. The normalized spacial score (nSPS) is 27.7. The Morgan fingerprint density at radius 1 is 1.39 bits per heavy atom. The second kappa shape index (κ2) is 4.98. The van der Waals surface area contributed by atoms with Crippen molar-refractivity contribution in [3.8, 4) is 0 Å². The lowest BCUT2D eigenvalue weighted by atomic mass is 9.70. The summed E-state index contributed by atoms with van der Waals surface area (Å²) in [6, 6.07) is 4.39. The van der Waals surface area contributed by atoms with E-state index in [-0.39, 0.29) is 11.6 Å². The zero-order valence-corrected chi connectivity index (χ0v) is 10.8. The maximum absolute atomic E-state index is 6.40. The van der Waals surface area contributed by atoms with Crippen molar-refractivity contribution in [2.24, 2.45) is 11.7 Å². The first kappa shape index (κ1) is 12.1. The van der Waals surface area contributed by atoms with Gasteiger partial charge in [0.1, 0.15) is 0 Å². The smallest absolute Gasteiger partial charge is 0.0685 e. The molecule has 3 rings (SSSR count). The Bertz CT molecular complexity index is 389. The van der Waals surface area contributed by atoms with Crippen LogP contribution in [0.25, 0.3) is 0 Å². The maximum atomic E-state index is 6.40. The molecule has 0 aromatic carbocycles. The van der Waals surface area contributed by atoms with E-state index in [1.165, 1.54) is 31.2 Å². The highest BCUT2D eigenvalue weighted by atomic mass is 16.5. The van der Waals surface area contributed by atoms with Crippen LogP contribution >= 0.6 is 0 Å². The van der Waals surface area contributed by atoms with Gasteiger partial charge in [0.25, 0.3) is 0 Å². The van der Waals surface area contributed by atoms with E-state index in [0.717, 1.165) is 19.4 Å². The fraction of sp³-hybridized carbons (Fsp3) is 0.667. The standard InChI is InChI=1S/C15H22N2O/c16-14(10-12-2-7-17-8-3-12)13-4-9-18-15(11-13)5-1-6-15/h2-3,7-8,13-14H,1,4-6,9-11,16H2. The predicted octanol–water partition coefficient (Wildman–Crippen LogP) is 2.30. The molecule has 1 saturated carbocycles. The molecule has 2 fully saturated rings. The Kier molecular flexibility index (Phi) is 3.35. The van der Waals surface area contributed by atoms with Gasteiger partial charge in [-0.25, -0.2) is 0 Å². The van der Waals surface area contributed by atoms with E-state index in [9.17, 15) is 0 Å². The first-order valence-electron chi connectivity index (χ1n) is 7.06. The molecule has 2 aliphatic rings. The van der Waals surface area contributed by atoms with Gasteiger partial charge in [-0.2, -0.15) is 0 Å². The van der Waals surface area contributed by atoms with Crippen molar-refractivity contribution in [3.63, 3.8) is 0 Å². The topological polar surface area (TPSA) is 48.1 Å². The molecule has 2 unspecified atom stereocenters. The minimum absolute atomic E-state index is 0.207. The minimum atomic E-state index is 0.207. The van der Waals surface area contributed by atoms with E-state index in [2.05, 4.69) is 17.1 Å². The molecule has 1 saturated heterocycles. The Hall–Kier alpha value is -0.930. The molecule has 1 aromatic heterocycles. The fourth-order valence-corrected chi connectivity index (χ4v) is 3.31. The summed E-state index contributed by atoms with van der Waals surface area (Å²) in [6.45, 7) is 0.898. The molecule has 1 aliphatic carbocycles. The molecule has 18 heavy (non-hydrogen) atoms. The summed E-state index contributed by atoms with van der Waals surface area (Å²) >= 11 is 0. The third kappa shape index (κ3) is 2.43. The lowest BCUT2D eigenvalue weighted by Gasteiger charge is -2.48. The Morgan fingerprint density at radius 2 is 2.17 bits per heavy atom. The molecular weight excluding hydrogens is 224 g/mol. The molecule has 0 radical (unpaired) electrons. The van der Waals surface area contributed by atoms with Gasteiger partial charge in [-0.05, 0) is 62.1 Å². The van der Waals surface area contributed by atoms with Gasteiger partial charge in [-0.3, -0.25) is 4.98 Å². The molecular formula is C15H22N2O. The van der Waals surface area contributed by atoms with E-state index in [0.29, 0.717) is 5.92 Å². The summed E-state index contributed by atoms with van der Waals surface area (Å²) in [4.78, 5) is 4.05. The minimum Gasteiger partial charge on any atom is -0.375 e. The number of nitrogens with two attached hydrogens (primary N) is 1. The monoisotopic (exact) mass is 246 g/mol. The summed E-state index contributed by atoms with van der Waals surface area (Å²) in [5, 5.41) is 0.